The number of ether oxygens (including phenoxy) is 1. The molecule has 0 saturated carbocycles. The molecule has 0 aliphatic carbocycles. The Hall–Kier alpha value is -2.35. The van der Waals surface area contributed by atoms with Crippen molar-refractivity contribution in [3.8, 4) is 0 Å². The molecule has 1 aromatic heterocycles. The molecule has 140 valence electrons. The maximum absolute atomic E-state index is 11.9. The average Bonchev–Trinajstić information content (AvgIpc) is 3.21. The summed E-state index contributed by atoms with van der Waals surface area (Å²) < 4.78 is 10.4. The summed E-state index contributed by atoms with van der Waals surface area (Å²) in [5.41, 5.74) is 1.95. The van der Waals surface area contributed by atoms with Crippen molar-refractivity contribution in [2.24, 2.45) is 0 Å². The minimum atomic E-state index is -0.863. The van der Waals surface area contributed by atoms with E-state index in [1.54, 1.807) is 12.1 Å². The lowest BCUT2D eigenvalue weighted by Crippen LogP contribution is -2.37. The van der Waals surface area contributed by atoms with Crippen LogP contribution in [0.15, 0.2) is 47.1 Å². The summed E-state index contributed by atoms with van der Waals surface area (Å²) in [5, 5.41) is 15.3. The summed E-state index contributed by atoms with van der Waals surface area (Å²) in [5.74, 6) is 0.426. The Morgan fingerprint density at radius 3 is 2.65 bits per heavy atom. The summed E-state index contributed by atoms with van der Waals surface area (Å²) in [4.78, 5) is 14.3. The van der Waals surface area contributed by atoms with Gasteiger partial charge >= 0.3 is 6.03 Å². The molecular weight excluding hydrogens is 334 g/mol. The van der Waals surface area contributed by atoms with Gasteiger partial charge in [0.15, 0.2) is 0 Å². The maximum atomic E-state index is 11.9. The van der Waals surface area contributed by atoms with Crippen LogP contribution in [0.5, 0.6) is 0 Å². The molecule has 2 heterocycles. The van der Waals surface area contributed by atoms with E-state index < -0.39 is 6.10 Å². The predicted molar refractivity (Wildman–Crippen MR) is 98.1 cm³/mol. The zero-order chi connectivity index (χ0) is 18.2. The third kappa shape index (κ3) is 5.59. The summed E-state index contributed by atoms with van der Waals surface area (Å²) in [6.45, 7) is 4.70. The van der Waals surface area contributed by atoms with Crippen molar-refractivity contribution < 1.29 is 19.1 Å². The highest BCUT2D eigenvalue weighted by atomic mass is 16.5. The molecule has 1 atom stereocenters. The van der Waals surface area contributed by atoms with Gasteiger partial charge in [0.2, 0.25) is 0 Å². The molecule has 1 aromatic carbocycles. The molecule has 1 aliphatic heterocycles. The number of aliphatic hydroxyl groups is 1. The molecule has 1 unspecified atom stereocenters. The lowest BCUT2D eigenvalue weighted by atomic mass is 10.1. The second kappa shape index (κ2) is 9.38. The van der Waals surface area contributed by atoms with Crippen LogP contribution in [0, 0.1) is 0 Å². The van der Waals surface area contributed by atoms with Crippen LogP contribution in [0.4, 0.5) is 10.5 Å². The number of furan rings is 1. The minimum absolute atomic E-state index is 0.0803. The molecule has 3 N–H and O–H groups in total. The van der Waals surface area contributed by atoms with Crippen LogP contribution in [-0.2, 0) is 11.2 Å². The van der Waals surface area contributed by atoms with Gasteiger partial charge in [-0.3, -0.25) is 4.90 Å². The minimum Gasteiger partial charge on any atom is -0.467 e. The van der Waals surface area contributed by atoms with Gasteiger partial charge in [0, 0.05) is 25.3 Å². The van der Waals surface area contributed by atoms with E-state index in [2.05, 4.69) is 15.5 Å². The number of morpholine rings is 1. The molecule has 3 rings (SSSR count). The summed E-state index contributed by atoms with van der Waals surface area (Å²) in [7, 11) is 0. The first-order valence-electron chi connectivity index (χ1n) is 8.86. The average molecular weight is 359 g/mol. The fourth-order valence-corrected chi connectivity index (χ4v) is 2.81. The van der Waals surface area contributed by atoms with E-state index in [1.807, 2.05) is 24.3 Å². The number of nitrogens with zero attached hydrogens (tertiary/aromatic N) is 1. The van der Waals surface area contributed by atoms with Crippen molar-refractivity contribution in [1.82, 2.24) is 10.2 Å². The Labute approximate surface area is 152 Å². The fraction of sp³-hybridized carbons (Fsp3) is 0.421. The van der Waals surface area contributed by atoms with Crippen molar-refractivity contribution in [3.63, 3.8) is 0 Å². The van der Waals surface area contributed by atoms with Gasteiger partial charge < -0.3 is 24.9 Å². The summed E-state index contributed by atoms with van der Waals surface area (Å²) >= 11 is 0. The van der Waals surface area contributed by atoms with Crippen LogP contribution in [0.1, 0.15) is 17.4 Å². The third-order valence-electron chi connectivity index (χ3n) is 4.36. The van der Waals surface area contributed by atoms with Crippen LogP contribution in [0.3, 0.4) is 0 Å². The Kier molecular flexibility index (Phi) is 6.65. The standard InChI is InChI=1S/C19H25N3O4/c23-17(18-2-1-11-26-18)14-20-19(24)21-16-5-3-15(4-6-16)7-8-22-9-12-25-13-10-22/h1-6,11,17,23H,7-10,12-14H2,(H2,20,21,24). The van der Waals surface area contributed by atoms with E-state index >= 15 is 0 Å². The first-order chi connectivity index (χ1) is 12.7. The number of carbonyl (C=O) groups excluding carboxylic acids is 1. The highest BCUT2D eigenvalue weighted by molar-refractivity contribution is 5.89. The van der Waals surface area contributed by atoms with Gasteiger partial charge in [-0.2, -0.15) is 0 Å². The maximum Gasteiger partial charge on any atom is 0.319 e. The van der Waals surface area contributed by atoms with E-state index in [-0.39, 0.29) is 12.6 Å². The second-order valence-electron chi connectivity index (χ2n) is 6.27. The SMILES string of the molecule is O=C(NCC(O)c1ccco1)Nc1ccc(CCN2CCOCC2)cc1. The van der Waals surface area contributed by atoms with Gasteiger partial charge in [0.1, 0.15) is 11.9 Å². The number of rotatable bonds is 7. The Morgan fingerprint density at radius 1 is 1.19 bits per heavy atom. The Bertz CT molecular complexity index is 667. The van der Waals surface area contributed by atoms with Gasteiger partial charge in [-0.05, 0) is 36.2 Å². The molecule has 26 heavy (non-hydrogen) atoms. The molecule has 7 heteroatoms. The zero-order valence-corrected chi connectivity index (χ0v) is 14.7. The van der Waals surface area contributed by atoms with Gasteiger partial charge in [0.05, 0.1) is 26.0 Å². The third-order valence-corrected chi connectivity index (χ3v) is 4.36. The highest BCUT2D eigenvalue weighted by Gasteiger charge is 2.12. The Morgan fingerprint density at radius 2 is 1.96 bits per heavy atom. The first kappa shape index (κ1) is 18.4. The number of hydrogen-bond acceptors (Lipinski definition) is 5. The first-order valence-corrected chi connectivity index (χ1v) is 8.86. The van der Waals surface area contributed by atoms with Crippen LogP contribution < -0.4 is 10.6 Å². The van der Waals surface area contributed by atoms with Gasteiger partial charge in [-0.15, -0.1) is 0 Å². The largest absolute Gasteiger partial charge is 0.467 e. The smallest absolute Gasteiger partial charge is 0.319 e. The summed E-state index contributed by atoms with van der Waals surface area (Å²) in [6, 6.07) is 10.8. The van der Waals surface area contributed by atoms with Crippen molar-refractivity contribution in [3.05, 3.63) is 54.0 Å². The van der Waals surface area contributed by atoms with Gasteiger partial charge in [0.25, 0.3) is 0 Å². The molecule has 1 fully saturated rings. The number of hydrogen-bond donors (Lipinski definition) is 3. The van der Waals surface area contributed by atoms with Crippen LogP contribution >= 0.6 is 0 Å². The van der Waals surface area contributed by atoms with E-state index in [9.17, 15) is 9.90 Å². The number of anilines is 1. The fourth-order valence-electron chi connectivity index (χ4n) is 2.81. The van der Waals surface area contributed by atoms with Crippen molar-refractivity contribution >= 4 is 11.7 Å². The Balaban J connectivity index is 1.39. The lowest BCUT2D eigenvalue weighted by molar-refractivity contribution is 0.0384. The number of carbonyl (C=O) groups is 1. The number of nitrogens with one attached hydrogen (secondary N) is 2. The monoisotopic (exact) mass is 359 g/mol. The molecule has 0 spiro atoms. The summed E-state index contributed by atoms with van der Waals surface area (Å²) in [6.07, 6.45) is 1.60. The number of urea groups is 1. The predicted octanol–water partition coefficient (Wildman–Crippen LogP) is 2.01. The normalized spacial score (nSPS) is 16.2. The van der Waals surface area contributed by atoms with Crippen molar-refractivity contribution in [1.29, 1.82) is 0 Å². The quantitative estimate of drug-likeness (QED) is 0.704. The second-order valence-corrected chi connectivity index (χ2v) is 6.27. The van der Waals surface area contributed by atoms with E-state index in [0.717, 1.165) is 39.3 Å². The van der Waals surface area contributed by atoms with Gasteiger partial charge in [-0.1, -0.05) is 12.1 Å². The molecule has 0 radical (unpaired) electrons. The lowest BCUT2D eigenvalue weighted by Gasteiger charge is -2.26. The zero-order valence-electron chi connectivity index (χ0n) is 14.7. The van der Waals surface area contributed by atoms with Crippen molar-refractivity contribution in [2.75, 3.05) is 44.7 Å². The topological polar surface area (TPSA) is 87.0 Å². The molecule has 2 aromatic rings. The van der Waals surface area contributed by atoms with Crippen LogP contribution in [0.2, 0.25) is 0 Å². The van der Waals surface area contributed by atoms with Crippen LogP contribution in [0.25, 0.3) is 0 Å². The molecule has 1 saturated heterocycles. The molecule has 2 amide bonds. The van der Waals surface area contributed by atoms with Crippen molar-refractivity contribution in [2.45, 2.75) is 12.5 Å². The molecular formula is C19H25N3O4. The van der Waals surface area contributed by atoms with E-state index in [1.165, 1.54) is 11.8 Å². The van der Waals surface area contributed by atoms with E-state index in [0.29, 0.717) is 11.4 Å². The van der Waals surface area contributed by atoms with Gasteiger partial charge in [-0.25, -0.2) is 4.79 Å². The number of amides is 2. The number of aliphatic hydroxyl groups excluding tert-OH is 1. The number of benzene rings is 1. The molecule has 0 bridgehead atoms. The highest BCUT2D eigenvalue weighted by Crippen LogP contribution is 2.13. The van der Waals surface area contributed by atoms with E-state index in [4.69, 9.17) is 9.15 Å². The molecule has 7 nitrogen and oxygen atoms in total. The molecule has 1 aliphatic rings. The van der Waals surface area contributed by atoms with Crippen LogP contribution in [-0.4, -0.2) is 55.4 Å².